The van der Waals surface area contributed by atoms with Crippen molar-refractivity contribution in [3.63, 3.8) is 0 Å². The fourth-order valence-corrected chi connectivity index (χ4v) is 2.36. The van der Waals surface area contributed by atoms with Gasteiger partial charge in [-0.2, -0.15) is 0 Å². The van der Waals surface area contributed by atoms with E-state index in [0.717, 1.165) is 24.0 Å². The van der Waals surface area contributed by atoms with Gasteiger partial charge in [0.15, 0.2) is 0 Å². The van der Waals surface area contributed by atoms with Crippen molar-refractivity contribution in [3.05, 3.63) is 28.5 Å². The van der Waals surface area contributed by atoms with E-state index in [9.17, 15) is 0 Å². The summed E-state index contributed by atoms with van der Waals surface area (Å²) < 4.78 is 1.03. The highest BCUT2D eigenvalue weighted by Crippen LogP contribution is 2.28. The van der Waals surface area contributed by atoms with Gasteiger partial charge in [0.2, 0.25) is 0 Å². The largest absolute Gasteiger partial charge is 0.393 e. The van der Waals surface area contributed by atoms with E-state index in [-0.39, 0.29) is 0 Å². The van der Waals surface area contributed by atoms with Crippen LogP contribution in [0.5, 0.6) is 0 Å². The summed E-state index contributed by atoms with van der Waals surface area (Å²) in [7, 11) is 0. The lowest BCUT2D eigenvalue weighted by atomic mass is 10.2. The van der Waals surface area contributed by atoms with Crippen molar-refractivity contribution in [3.8, 4) is 0 Å². The van der Waals surface area contributed by atoms with Crippen LogP contribution >= 0.6 is 28.1 Å². The third kappa shape index (κ3) is 4.33. The van der Waals surface area contributed by atoms with Crippen LogP contribution in [0.4, 0.5) is 0 Å². The van der Waals surface area contributed by atoms with Gasteiger partial charge in [0.1, 0.15) is 0 Å². The minimum absolute atomic E-state index is 0.600. The van der Waals surface area contributed by atoms with Crippen LogP contribution in [0, 0.1) is 0 Å². The molecule has 1 aliphatic carbocycles. The lowest BCUT2D eigenvalue weighted by Crippen LogP contribution is -2.29. The summed E-state index contributed by atoms with van der Waals surface area (Å²) in [6.45, 7) is 1.88. The summed E-state index contributed by atoms with van der Waals surface area (Å²) >= 11 is 8.38. The second-order valence-electron chi connectivity index (χ2n) is 4.43. The summed E-state index contributed by atoms with van der Waals surface area (Å²) in [6, 6.07) is 2.83. The molecule has 0 spiro atoms. The van der Waals surface area contributed by atoms with Crippen LogP contribution in [0.15, 0.2) is 22.9 Å². The quantitative estimate of drug-likeness (QED) is 0.819. The molecule has 0 unspecified atom stereocenters. The fourth-order valence-electron chi connectivity index (χ4n) is 1.86. The predicted octanol–water partition coefficient (Wildman–Crippen LogP) is 2.48. The van der Waals surface area contributed by atoms with Crippen LogP contribution in [-0.2, 0) is 6.54 Å². The number of nitrogens with zero attached hydrogens (tertiary/aromatic N) is 2. The van der Waals surface area contributed by atoms with E-state index in [1.54, 1.807) is 6.20 Å². The van der Waals surface area contributed by atoms with Gasteiger partial charge in [0.25, 0.3) is 0 Å². The molecule has 2 rings (SSSR count). The Bertz CT molecular complexity index is 406. The fraction of sp³-hybridized carbons (Fsp3) is 0.500. The molecule has 0 aromatic carbocycles. The molecule has 1 saturated carbocycles. The number of pyridine rings is 1. The molecule has 1 aromatic rings. The van der Waals surface area contributed by atoms with Gasteiger partial charge < -0.3 is 5.73 Å². The number of nitrogens with two attached hydrogens (primary N) is 1. The minimum Gasteiger partial charge on any atom is -0.393 e. The molecule has 1 heterocycles. The van der Waals surface area contributed by atoms with Crippen LogP contribution in [0.1, 0.15) is 24.8 Å². The van der Waals surface area contributed by atoms with Crippen LogP contribution < -0.4 is 5.73 Å². The molecule has 0 amide bonds. The molecule has 5 heteroatoms. The molecule has 0 radical (unpaired) electrons. The summed E-state index contributed by atoms with van der Waals surface area (Å²) in [5, 5.41) is 0. The maximum absolute atomic E-state index is 5.56. The predicted molar refractivity (Wildman–Crippen MR) is 76.8 cm³/mol. The Balaban J connectivity index is 1.95. The highest BCUT2D eigenvalue weighted by atomic mass is 79.9. The molecule has 1 aliphatic rings. The molecule has 2 N–H and O–H groups in total. The maximum Gasteiger partial charge on any atom is 0.0740 e. The van der Waals surface area contributed by atoms with Gasteiger partial charge >= 0.3 is 0 Å². The Hall–Kier alpha value is -0.520. The Morgan fingerprint density at radius 3 is 2.88 bits per heavy atom. The van der Waals surface area contributed by atoms with Crippen LogP contribution in [0.2, 0.25) is 0 Å². The zero-order valence-corrected chi connectivity index (χ0v) is 12.0. The van der Waals surface area contributed by atoms with Crippen LogP contribution in [0.25, 0.3) is 0 Å². The van der Waals surface area contributed by atoms with E-state index in [2.05, 4.69) is 31.9 Å². The highest BCUT2D eigenvalue weighted by Gasteiger charge is 2.28. The van der Waals surface area contributed by atoms with E-state index in [1.807, 2.05) is 6.20 Å². The van der Waals surface area contributed by atoms with E-state index in [0.29, 0.717) is 11.0 Å². The zero-order chi connectivity index (χ0) is 12.3. The van der Waals surface area contributed by atoms with Crippen molar-refractivity contribution in [1.82, 2.24) is 9.88 Å². The zero-order valence-electron chi connectivity index (χ0n) is 9.60. The van der Waals surface area contributed by atoms with Gasteiger partial charge in [0.05, 0.1) is 4.99 Å². The number of rotatable bonds is 6. The van der Waals surface area contributed by atoms with Crippen molar-refractivity contribution in [1.29, 1.82) is 0 Å². The Kier molecular flexibility index (Phi) is 4.48. The molecule has 17 heavy (non-hydrogen) atoms. The first kappa shape index (κ1) is 12.9. The Morgan fingerprint density at radius 2 is 2.29 bits per heavy atom. The lowest BCUT2D eigenvalue weighted by molar-refractivity contribution is 0.262. The first-order valence-corrected chi connectivity index (χ1v) is 6.97. The number of halogens is 1. The summed E-state index contributed by atoms with van der Waals surface area (Å²) in [6.07, 6.45) is 7.10. The molecule has 0 saturated heterocycles. The van der Waals surface area contributed by atoms with Gasteiger partial charge in [-0.1, -0.05) is 12.2 Å². The van der Waals surface area contributed by atoms with Crippen molar-refractivity contribution in [2.24, 2.45) is 5.73 Å². The van der Waals surface area contributed by atoms with E-state index < -0.39 is 0 Å². The van der Waals surface area contributed by atoms with Gasteiger partial charge in [-0.3, -0.25) is 9.88 Å². The second kappa shape index (κ2) is 5.89. The summed E-state index contributed by atoms with van der Waals surface area (Å²) in [5.41, 5.74) is 6.79. The number of aromatic nitrogens is 1. The van der Waals surface area contributed by atoms with E-state index in [4.69, 9.17) is 18.0 Å². The normalized spacial score (nSPS) is 15.2. The molecule has 1 aromatic heterocycles. The standard InChI is InChI=1S/C12H16BrN3S/c13-10-5-9(6-15-7-10)8-16(11-1-2-11)4-3-12(14)17/h5-7,11H,1-4,8H2,(H2,14,17). The third-order valence-electron chi connectivity index (χ3n) is 2.86. The van der Waals surface area contributed by atoms with Crippen molar-refractivity contribution < 1.29 is 0 Å². The first-order chi connectivity index (χ1) is 8.15. The molecule has 3 nitrogen and oxygen atoms in total. The van der Waals surface area contributed by atoms with Crippen molar-refractivity contribution >= 4 is 33.1 Å². The Labute approximate surface area is 116 Å². The summed E-state index contributed by atoms with van der Waals surface area (Å²) in [4.78, 5) is 7.24. The average molecular weight is 314 g/mol. The molecule has 0 aliphatic heterocycles. The van der Waals surface area contributed by atoms with E-state index in [1.165, 1.54) is 18.4 Å². The highest BCUT2D eigenvalue weighted by molar-refractivity contribution is 9.10. The number of hydrogen-bond donors (Lipinski definition) is 1. The topological polar surface area (TPSA) is 42.1 Å². The first-order valence-electron chi connectivity index (χ1n) is 5.77. The monoisotopic (exact) mass is 313 g/mol. The van der Waals surface area contributed by atoms with Gasteiger partial charge in [-0.15, -0.1) is 0 Å². The molecule has 0 bridgehead atoms. The number of hydrogen-bond acceptors (Lipinski definition) is 3. The maximum atomic E-state index is 5.56. The second-order valence-corrected chi connectivity index (χ2v) is 5.87. The molecule has 1 fully saturated rings. The lowest BCUT2D eigenvalue weighted by Gasteiger charge is -2.21. The van der Waals surface area contributed by atoms with Gasteiger partial charge in [-0.25, -0.2) is 0 Å². The third-order valence-corrected chi connectivity index (χ3v) is 3.49. The summed E-state index contributed by atoms with van der Waals surface area (Å²) in [5.74, 6) is 0. The number of thiocarbonyl (C=S) groups is 1. The molecular formula is C12H16BrN3S. The molecule has 0 atom stereocenters. The average Bonchev–Trinajstić information content (AvgIpc) is 3.07. The smallest absolute Gasteiger partial charge is 0.0740 e. The van der Waals surface area contributed by atoms with Crippen molar-refractivity contribution in [2.45, 2.75) is 31.8 Å². The van der Waals surface area contributed by atoms with Crippen LogP contribution in [-0.4, -0.2) is 27.5 Å². The molecule has 92 valence electrons. The Morgan fingerprint density at radius 1 is 1.53 bits per heavy atom. The molecular weight excluding hydrogens is 298 g/mol. The van der Waals surface area contributed by atoms with E-state index >= 15 is 0 Å². The van der Waals surface area contributed by atoms with Crippen LogP contribution in [0.3, 0.4) is 0 Å². The minimum atomic E-state index is 0.600. The van der Waals surface area contributed by atoms with Gasteiger partial charge in [0, 0.05) is 42.4 Å². The SMILES string of the molecule is NC(=S)CCN(Cc1cncc(Br)c1)C1CC1. The van der Waals surface area contributed by atoms with Gasteiger partial charge in [-0.05, 0) is 40.4 Å². The van der Waals surface area contributed by atoms with Crippen molar-refractivity contribution in [2.75, 3.05) is 6.54 Å².